The molecule has 0 spiro atoms. The Bertz CT molecular complexity index is 686. The molecule has 5 nitrogen and oxygen atoms in total. The van der Waals surface area contributed by atoms with Gasteiger partial charge in [-0.25, -0.2) is 14.4 Å². The number of ether oxygens (including phenoxy) is 1. The number of benzene rings is 1. The first-order chi connectivity index (χ1) is 11.7. The molecule has 3 rings (SSSR count). The number of hydrogen-bond acceptors (Lipinski definition) is 5. The fourth-order valence-corrected chi connectivity index (χ4v) is 3.34. The van der Waals surface area contributed by atoms with Gasteiger partial charge in [0.2, 0.25) is 0 Å². The maximum Gasteiger partial charge on any atom is 0.167 e. The highest BCUT2D eigenvalue weighted by molar-refractivity contribution is 5.90. The summed E-state index contributed by atoms with van der Waals surface area (Å²) >= 11 is 0. The standard InChI is InChI=1S/C18H25FN4O/c1-3-23-8-5-13(6-9-23)4-7-20-18-14-10-17(24-2)15(19)11-16(14)21-12-22-18/h10-13H,3-9H2,1-2H3,(H,20,21,22). The predicted octanol–water partition coefficient (Wildman–Crippen LogP) is 3.31. The second-order valence-corrected chi connectivity index (χ2v) is 6.32. The molecular weight excluding hydrogens is 307 g/mol. The highest BCUT2D eigenvalue weighted by Gasteiger charge is 2.18. The first-order valence-electron chi connectivity index (χ1n) is 8.65. The van der Waals surface area contributed by atoms with E-state index >= 15 is 0 Å². The Morgan fingerprint density at radius 3 is 2.79 bits per heavy atom. The summed E-state index contributed by atoms with van der Waals surface area (Å²) in [7, 11) is 1.46. The first-order valence-corrected chi connectivity index (χ1v) is 8.65. The van der Waals surface area contributed by atoms with E-state index in [-0.39, 0.29) is 5.75 Å². The minimum atomic E-state index is -0.405. The lowest BCUT2D eigenvalue weighted by Gasteiger charge is -2.31. The van der Waals surface area contributed by atoms with E-state index in [1.54, 1.807) is 6.07 Å². The van der Waals surface area contributed by atoms with Gasteiger partial charge in [0, 0.05) is 18.0 Å². The van der Waals surface area contributed by atoms with Gasteiger partial charge in [0.25, 0.3) is 0 Å². The lowest BCUT2D eigenvalue weighted by Crippen LogP contribution is -2.33. The molecule has 0 radical (unpaired) electrons. The van der Waals surface area contributed by atoms with Gasteiger partial charge in [-0.3, -0.25) is 0 Å². The lowest BCUT2D eigenvalue weighted by molar-refractivity contribution is 0.189. The number of nitrogens with one attached hydrogen (secondary N) is 1. The van der Waals surface area contributed by atoms with Crippen molar-refractivity contribution in [1.29, 1.82) is 0 Å². The van der Waals surface area contributed by atoms with Crippen molar-refractivity contribution in [2.24, 2.45) is 5.92 Å². The molecule has 1 aliphatic heterocycles. The average Bonchev–Trinajstić information content (AvgIpc) is 2.62. The molecule has 0 amide bonds. The van der Waals surface area contributed by atoms with Gasteiger partial charge in [0.05, 0.1) is 12.6 Å². The number of hydrogen-bond donors (Lipinski definition) is 1. The third kappa shape index (κ3) is 3.75. The zero-order valence-corrected chi connectivity index (χ0v) is 14.4. The van der Waals surface area contributed by atoms with Crippen LogP contribution in [0.15, 0.2) is 18.5 Å². The number of rotatable bonds is 6. The Morgan fingerprint density at radius 1 is 1.29 bits per heavy atom. The molecule has 6 heteroatoms. The molecular formula is C18H25FN4O. The molecule has 0 bridgehead atoms. The van der Waals surface area contributed by atoms with E-state index in [1.807, 2.05) is 0 Å². The molecule has 1 saturated heterocycles. The summed E-state index contributed by atoms with van der Waals surface area (Å²) in [6, 6.07) is 3.05. The Balaban J connectivity index is 1.63. The average molecular weight is 332 g/mol. The second kappa shape index (κ2) is 7.75. The summed E-state index contributed by atoms with van der Waals surface area (Å²) in [6.45, 7) is 6.64. The van der Waals surface area contributed by atoms with Crippen LogP contribution in [0.25, 0.3) is 10.9 Å². The predicted molar refractivity (Wildman–Crippen MR) is 94.0 cm³/mol. The number of anilines is 1. The van der Waals surface area contributed by atoms with Crippen LogP contribution in [-0.4, -0.2) is 48.2 Å². The Hall–Kier alpha value is -1.95. The van der Waals surface area contributed by atoms with Gasteiger partial charge < -0.3 is 15.0 Å². The summed E-state index contributed by atoms with van der Waals surface area (Å²) in [5.41, 5.74) is 0.585. The van der Waals surface area contributed by atoms with Crippen LogP contribution in [0.3, 0.4) is 0 Å². The van der Waals surface area contributed by atoms with E-state index in [0.717, 1.165) is 36.6 Å². The van der Waals surface area contributed by atoms with Crippen molar-refractivity contribution in [3.8, 4) is 5.75 Å². The van der Waals surface area contributed by atoms with Gasteiger partial charge >= 0.3 is 0 Å². The van der Waals surface area contributed by atoms with E-state index < -0.39 is 5.82 Å². The zero-order valence-electron chi connectivity index (χ0n) is 14.4. The van der Waals surface area contributed by atoms with Crippen molar-refractivity contribution in [2.45, 2.75) is 26.2 Å². The first kappa shape index (κ1) is 16.9. The Kier molecular flexibility index (Phi) is 5.45. The smallest absolute Gasteiger partial charge is 0.167 e. The number of nitrogens with zero attached hydrogens (tertiary/aromatic N) is 3. The fourth-order valence-electron chi connectivity index (χ4n) is 3.34. The highest BCUT2D eigenvalue weighted by Crippen LogP contribution is 2.27. The number of aromatic nitrogens is 2. The van der Waals surface area contributed by atoms with Gasteiger partial charge in [-0.1, -0.05) is 6.92 Å². The van der Waals surface area contributed by atoms with Gasteiger partial charge in [0.1, 0.15) is 12.1 Å². The number of methoxy groups -OCH3 is 1. The number of fused-ring (bicyclic) bond motifs is 1. The summed E-state index contributed by atoms with van der Waals surface area (Å²) in [5, 5.41) is 4.18. The molecule has 2 heterocycles. The van der Waals surface area contributed by atoms with E-state index in [2.05, 4.69) is 27.1 Å². The topological polar surface area (TPSA) is 50.3 Å². The highest BCUT2D eigenvalue weighted by atomic mass is 19.1. The molecule has 2 aromatic rings. The maximum atomic E-state index is 13.8. The molecule has 130 valence electrons. The molecule has 1 fully saturated rings. The zero-order chi connectivity index (χ0) is 16.9. The molecule has 0 unspecified atom stereocenters. The van der Waals surface area contributed by atoms with Gasteiger partial charge in [-0.15, -0.1) is 0 Å². The third-order valence-electron chi connectivity index (χ3n) is 4.91. The van der Waals surface area contributed by atoms with Crippen molar-refractivity contribution >= 4 is 16.7 Å². The van der Waals surface area contributed by atoms with E-state index in [0.29, 0.717) is 5.52 Å². The van der Waals surface area contributed by atoms with Gasteiger partial charge in [0.15, 0.2) is 11.6 Å². The summed E-state index contributed by atoms with van der Waals surface area (Å²) in [5.74, 6) is 1.31. The maximum absolute atomic E-state index is 13.8. The molecule has 0 aliphatic carbocycles. The van der Waals surface area contributed by atoms with E-state index in [4.69, 9.17) is 4.74 Å². The SMILES string of the molecule is CCN1CCC(CCNc2ncnc3cc(F)c(OC)cc23)CC1. The van der Waals surface area contributed by atoms with E-state index in [1.165, 1.54) is 45.4 Å². The van der Waals surface area contributed by atoms with E-state index in [9.17, 15) is 4.39 Å². The van der Waals surface area contributed by atoms with Crippen molar-refractivity contribution < 1.29 is 9.13 Å². The normalized spacial score (nSPS) is 16.5. The monoisotopic (exact) mass is 332 g/mol. The van der Waals surface area contributed by atoms with Crippen LogP contribution < -0.4 is 10.1 Å². The molecule has 1 N–H and O–H groups in total. The lowest BCUT2D eigenvalue weighted by atomic mass is 9.93. The second-order valence-electron chi connectivity index (χ2n) is 6.32. The summed E-state index contributed by atoms with van der Waals surface area (Å²) in [6.07, 6.45) is 5.12. The minimum absolute atomic E-state index is 0.215. The van der Waals surface area contributed by atoms with Crippen LogP contribution in [0.5, 0.6) is 5.75 Å². The number of piperidine rings is 1. The molecule has 0 saturated carbocycles. The fraction of sp³-hybridized carbons (Fsp3) is 0.556. The van der Waals surface area contributed by atoms with Crippen molar-refractivity contribution in [1.82, 2.24) is 14.9 Å². The Morgan fingerprint density at radius 2 is 2.08 bits per heavy atom. The molecule has 1 aromatic heterocycles. The Labute approximate surface area is 142 Å². The summed E-state index contributed by atoms with van der Waals surface area (Å²) in [4.78, 5) is 11.0. The van der Waals surface area contributed by atoms with Crippen LogP contribution in [0.4, 0.5) is 10.2 Å². The molecule has 1 aromatic carbocycles. The number of likely N-dealkylation sites (tertiary alicyclic amines) is 1. The van der Waals surface area contributed by atoms with Crippen molar-refractivity contribution in [3.05, 3.63) is 24.3 Å². The number of halogens is 1. The van der Waals surface area contributed by atoms with Crippen LogP contribution in [-0.2, 0) is 0 Å². The van der Waals surface area contributed by atoms with Crippen LogP contribution in [0, 0.1) is 11.7 Å². The molecule has 1 aliphatic rings. The molecule has 24 heavy (non-hydrogen) atoms. The van der Waals surface area contributed by atoms with Gasteiger partial charge in [-0.2, -0.15) is 0 Å². The van der Waals surface area contributed by atoms with Crippen molar-refractivity contribution in [3.63, 3.8) is 0 Å². The van der Waals surface area contributed by atoms with Crippen LogP contribution in [0.1, 0.15) is 26.2 Å². The van der Waals surface area contributed by atoms with Crippen LogP contribution >= 0.6 is 0 Å². The molecule has 0 atom stereocenters. The largest absolute Gasteiger partial charge is 0.494 e. The van der Waals surface area contributed by atoms with Gasteiger partial charge in [-0.05, 0) is 50.9 Å². The minimum Gasteiger partial charge on any atom is -0.494 e. The van der Waals surface area contributed by atoms with Crippen molar-refractivity contribution in [2.75, 3.05) is 38.6 Å². The third-order valence-corrected chi connectivity index (χ3v) is 4.91. The van der Waals surface area contributed by atoms with Crippen LogP contribution in [0.2, 0.25) is 0 Å². The quantitative estimate of drug-likeness (QED) is 0.879. The summed E-state index contributed by atoms with van der Waals surface area (Å²) < 4.78 is 18.9.